The first-order valence-corrected chi connectivity index (χ1v) is 14.0. The summed E-state index contributed by atoms with van der Waals surface area (Å²) in [6.45, 7) is 0.450. The Balaban J connectivity index is 1.28. The van der Waals surface area contributed by atoms with E-state index in [-0.39, 0.29) is 24.8 Å². The number of thioether (sulfide) groups is 1. The molecular formula is C32H32N2O4S. The molecule has 200 valence electrons. The summed E-state index contributed by atoms with van der Waals surface area (Å²) in [7, 11) is 0. The van der Waals surface area contributed by atoms with E-state index in [0.717, 1.165) is 28.0 Å². The average molecular weight is 541 g/mol. The van der Waals surface area contributed by atoms with Gasteiger partial charge in [-0.25, -0.2) is 4.79 Å². The highest BCUT2D eigenvalue weighted by Crippen LogP contribution is 2.39. The summed E-state index contributed by atoms with van der Waals surface area (Å²) in [4.78, 5) is 13.7. The molecule has 5 rings (SSSR count). The predicted octanol–water partition coefficient (Wildman–Crippen LogP) is 6.84. The summed E-state index contributed by atoms with van der Waals surface area (Å²) in [6, 6.07) is 35.3. The molecule has 0 saturated carbocycles. The summed E-state index contributed by atoms with van der Waals surface area (Å²) in [5.41, 5.74) is 4.44. The number of amides is 2. The second-order valence-corrected chi connectivity index (χ2v) is 10.5. The van der Waals surface area contributed by atoms with Crippen LogP contribution >= 0.6 is 11.8 Å². The Morgan fingerprint density at radius 1 is 0.821 bits per heavy atom. The molecule has 1 heterocycles. The molecule has 4 aromatic carbocycles. The van der Waals surface area contributed by atoms with Crippen molar-refractivity contribution in [3.05, 3.63) is 131 Å². The largest absolute Gasteiger partial charge is 0.392 e. The number of hydrogen-bond acceptors (Lipinski definition) is 5. The lowest BCUT2D eigenvalue weighted by atomic mass is 10.0. The third-order valence-corrected chi connectivity index (χ3v) is 7.65. The molecule has 1 aliphatic rings. The molecule has 39 heavy (non-hydrogen) atoms. The van der Waals surface area contributed by atoms with E-state index in [1.165, 1.54) is 4.90 Å². The molecule has 3 N–H and O–H groups in total. The predicted molar refractivity (Wildman–Crippen MR) is 154 cm³/mol. The van der Waals surface area contributed by atoms with E-state index in [2.05, 4.69) is 22.8 Å². The van der Waals surface area contributed by atoms with Crippen LogP contribution in [0.2, 0.25) is 0 Å². The SMILES string of the molecule is O=C(NCc1ccccc1)Nc1cccc(C2OC(CSc3ccccc3)CC(c3ccc(CO)cc3)O2)c1. The number of anilines is 1. The summed E-state index contributed by atoms with van der Waals surface area (Å²) < 4.78 is 12.9. The van der Waals surface area contributed by atoms with E-state index in [1.807, 2.05) is 97.1 Å². The van der Waals surface area contributed by atoms with Crippen LogP contribution in [0.15, 0.2) is 114 Å². The van der Waals surface area contributed by atoms with Crippen molar-refractivity contribution in [2.75, 3.05) is 11.1 Å². The van der Waals surface area contributed by atoms with Gasteiger partial charge in [0.15, 0.2) is 6.29 Å². The number of urea groups is 1. The lowest BCUT2D eigenvalue weighted by molar-refractivity contribution is -0.245. The monoisotopic (exact) mass is 540 g/mol. The molecule has 1 saturated heterocycles. The van der Waals surface area contributed by atoms with Crippen molar-refractivity contribution in [1.82, 2.24) is 5.32 Å². The van der Waals surface area contributed by atoms with Gasteiger partial charge in [0, 0.05) is 34.9 Å². The van der Waals surface area contributed by atoms with Gasteiger partial charge in [-0.1, -0.05) is 84.9 Å². The Morgan fingerprint density at radius 3 is 2.31 bits per heavy atom. The van der Waals surface area contributed by atoms with E-state index in [9.17, 15) is 9.90 Å². The zero-order chi connectivity index (χ0) is 26.9. The maximum Gasteiger partial charge on any atom is 0.319 e. The fourth-order valence-electron chi connectivity index (χ4n) is 4.45. The van der Waals surface area contributed by atoms with Crippen LogP contribution in [0.1, 0.15) is 41.1 Å². The number of hydrogen-bond donors (Lipinski definition) is 3. The molecule has 7 heteroatoms. The van der Waals surface area contributed by atoms with Crippen molar-refractivity contribution in [3.63, 3.8) is 0 Å². The standard InChI is InChI=1S/C32H32N2O4S/c35-21-24-14-16-25(17-15-24)30-19-28(22-39-29-12-5-2-6-13-29)37-31(38-30)26-10-7-11-27(18-26)34-32(36)33-20-23-8-3-1-4-9-23/h1-18,28,30-31,35H,19-22H2,(H2,33,34,36). The van der Waals surface area contributed by atoms with Gasteiger partial charge in [-0.2, -0.15) is 0 Å². The minimum Gasteiger partial charge on any atom is -0.392 e. The van der Waals surface area contributed by atoms with E-state index in [0.29, 0.717) is 18.7 Å². The minimum atomic E-state index is -0.586. The first-order valence-electron chi connectivity index (χ1n) is 13.0. The lowest BCUT2D eigenvalue weighted by Crippen LogP contribution is -2.31. The molecule has 3 atom stereocenters. The number of ether oxygens (including phenoxy) is 2. The highest BCUT2D eigenvalue weighted by Gasteiger charge is 2.32. The smallest absolute Gasteiger partial charge is 0.319 e. The van der Waals surface area contributed by atoms with Crippen LogP contribution in [0.4, 0.5) is 10.5 Å². The van der Waals surface area contributed by atoms with Crippen LogP contribution in [-0.4, -0.2) is 23.0 Å². The first kappa shape index (κ1) is 27.0. The summed E-state index contributed by atoms with van der Waals surface area (Å²) >= 11 is 1.76. The molecule has 1 aliphatic heterocycles. The van der Waals surface area contributed by atoms with Crippen LogP contribution in [0.3, 0.4) is 0 Å². The number of carbonyl (C=O) groups excluding carboxylic acids is 1. The summed E-state index contributed by atoms with van der Waals surface area (Å²) in [5, 5.41) is 15.2. The van der Waals surface area contributed by atoms with Crippen LogP contribution in [-0.2, 0) is 22.6 Å². The first-order chi connectivity index (χ1) is 19.2. The Morgan fingerprint density at radius 2 is 1.56 bits per heavy atom. The third-order valence-electron chi connectivity index (χ3n) is 6.51. The molecule has 0 radical (unpaired) electrons. The number of carbonyl (C=O) groups is 1. The van der Waals surface area contributed by atoms with Gasteiger partial charge in [-0.05, 0) is 41.0 Å². The zero-order valence-corrected chi connectivity index (χ0v) is 22.3. The van der Waals surface area contributed by atoms with Gasteiger partial charge in [0.05, 0.1) is 18.8 Å². The van der Waals surface area contributed by atoms with E-state index < -0.39 is 6.29 Å². The number of rotatable bonds is 9. The van der Waals surface area contributed by atoms with Crippen molar-refractivity contribution < 1.29 is 19.4 Å². The molecule has 0 bridgehead atoms. The highest BCUT2D eigenvalue weighted by molar-refractivity contribution is 7.99. The van der Waals surface area contributed by atoms with Gasteiger partial charge in [-0.15, -0.1) is 11.8 Å². The number of nitrogens with one attached hydrogen (secondary N) is 2. The van der Waals surface area contributed by atoms with E-state index in [1.54, 1.807) is 11.8 Å². The summed E-state index contributed by atoms with van der Waals surface area (Å²) in [6.07, 6.45) is -0.0723. The molecule has 4 aromatic rings. The zero-order valence-electron chi connectivity index (χ0n) is 21.5. The highest BCUT2D eigenvalue weighted by atomic mass is 32.2. The van der Waals surface area contributed by atoms with E-state index >= 15 is 0 Å². The fourth-order valence-corrected chi connectivity index (χ4v) is 5.39. The second kappa shape index (κ2) is 13.4. The maximum absolute atomic E-state index is 12.5. The van der Waals surface area contributed by atoms with Crippen molar-refractivity contribution in [2.45, 2.75) is 43.0 Å². The van der Waals surface area contributed by atoms with Gasteiger partial charge in [0.2, 0.25) is 0 Å². The Labute approximate surface area is 233 Å². The number of aliphatic hydroxyl groups is 1. The molecule has 3 unspecified atom stereocenters. The molecule has 0 spiro atoms. The third kappa shape index (κ3) is 7.71. The van der Waals surface area contributed by atoms with Crippen molar-refractivity contribution in [1.29, 1.82) is 0 Å². The normalized spacial score (nSPS) is 18.8. The topological polar surface area (TPSA) is 79.8 Å². The van der Waals surface area contributed by atoms with E-state index in [4.69, 9.17) is 9.47 Å². The fraction of sp³-hybridized carbons (Fsp3) is 0.219. The molecule has 0 aromatic heterocycles. The van der Waals surface area contributed by atoms with Gasteiger partial charge in [0.25, 0.3) is 0 Å². The Bertz CT molecular complexity index is 1340. The van der Waals surface area contributed by atoms with Crippen molar-refractivity contribution >= 4 is 23.5 Å². The molecule has 0 aliphatic carbocycles. The molecule has 2 amide bonds. The van der Waals surface area contributed by atoms with Crippen LogP contribution in [0, 0.1) is 0 Å². The Hall–Kier alpha value is -3.62. The minimum absolute atomic E-state index is 0.00655. The second-order valence-electron chi connectivity index (χ2n) is 9.39. The Kier molecular flexibility index (Phi) is 9.30. The number of benzene rings is 4. The molecule has 1 fully saturated rings. The lowest BCUT2D eigenvalue weighted by Gasteiger charge is -2.36. The van der Waals surface area contributed by atoms with Gasteiger partial charge < -0.3 is 25.2 Å². The van der Waals surface area contributed by atoms with Crippen LogP contribution in [0.5, 0.6) is 0 Å². The number of aliphatic hydroxyl groups excluding tert-OH is 1. The van der Waals surface area contributed by atoms with Gasteiger partial charge in [0.1, 0.15) is 0 Å². The maximum atomic E-state index is 12.5. The average Bonchev–Trinajstić information content (AvgIpc) is 3.00. The quantitative estimate of drug-likeness (QED) is 0.203. The van der Waals surface area contributed by atoms with Crippen LogP contribution < -0.4 is 10.6 Å². The molecular weight excluding hydrogens is 508 g/mol. The van der Waals surface area contributed by atoms with Crippen molar-refractivity contribution in [3.8, 4) is 0 Å². The van der Waals surface area contributed by atoms with Crippen molar-refractivity contribution in [2.24, 2.45) is 0 Å². The van der Waals surface area contributed by atoms with Crippen LogP contribution in [0.25, 0.3) is 0 Å². The summed E-state index contributed by atoms with van der Waals surface area (Å²) in [5.74, 6) is 0.787. The molecule has 6 nitrogen and oxygen atoms in total. The van der Waals surface area contributed by atoms with Gasteiger partial charge in [-0.3, -0.25) is 0 Å². The van der Waals surface area contributed by atoms with Gasteiger partial charge >= 0.3 is 6.03 Å².